The molecule has 1 atom stereocenters. The maximum Gasteiger partial charge on any atom is 0.306 e. The van der Waals surface area contributed by atoms with Gasteiger partial charge >= 0.3 is 17.9 Å². The number of rotatable bonds is 56. The number of hydrogen-bond donors (Lipinski definition) is 0. The number of allylic oxidation sites excluding steroid dienone is 14. The van der Waals surface area contributed by atoms with Crippen molar-refractivity contribution in [3.8, 4) is 0 Å². The van der Waals surface area contributed by atoms with Crippen molar-refractivity contribution >= 4 is 17.9 Å². The van der Waals surface area contributed by atoms with Crippen molar-refractivity contribution in [2.45, 2.75) is 309 Å². The number of unbranched alkanes of at least 4 members (excludes halogenated alkanes) is 31. The molecule has 0 aliphatic rings. The fraction of sp³-hybridized carbons (Fsp3) is 0.746. The summed E-state index contributed by atoms with van der Waals surface area (Å²) in [4.78, 5) is 38.2. The molecular formula is C67H116O6. The predicted octanol–water partition coefficient (Wildman–Crippen LogP) is 21.1. The molecule has 0 amide bonds. The highest BCUT2D eigenvalue weighted by atomic mass is 16.6. The van der Waals surface area contributed by atoms with Crippen LogP contribution in [0.3, 0.4) is 0 Å². The molecule has 0 fully saturated rings. The lowest BCUT2D eigenvalue weighted by molar-refractivity contribution is -0.167. The summed E-state index contributed by atoms with van der Waals surface area (Å²) < 4.78 is 16.9. The summed E-state index contributed by atoms with van der Waals surface area (Å²) in [5.74, 6) is -0.939. The van der Waals surface area contributed by atoms with Crippen LogP contribution >= 0.6 is 0 Å². The highest BCUT2D eigenvalue weighted by Gasteiger charge is 2.19. The molecule has 6 heteroatoms. The van der Waals surface area contributed by atoms with Crippen LogP contribution in [0.1, 0.15) is 303 Å². The fourth-order valence-corrected chi connectivity index (χ4v) is 8.80. The quantitative estimate of drug-likeness (QED) is 0.0261. The summed E-state index contributed by atoms with van der Waals surface area (Å²) >= 11 is 0. The van der Waals surface area contributed by atoms with Crippen LogP contribution in [0.25, 0.3) is 0 Å². The minimum Gasteiger partial charge on any atom is -0.462 e. The summed E-state index contributed by atoms with van der Waals surface area (Å²) in [5, 5.41) is 0. The zero-order valence-corrected chi connectivity index (χ0v) is 48.1. The van der Waals surface area contributed by atoms with Gasteiger partial charge in [-0.2, -0.15) is 0 Å². The Morgan fingerprint density at radius 3 is 0.849 bits per heavy atom. The van der Waals surface area contributed by atoms with Gasteiger partial charge in [0.1, 0.15) is 13.2 Å². The van der Waals surface area contributed by atoms with Gasteiger partial charge in [0.25, 0.3) is 0 Å². The molecule has 0 aliphatic carbocycles. The van der Waals surface area contributed by atoms with E-state index in [1.54, 1.807) is 0 Å². The van der Waals surface area contributed by atoms with Gasteiger partial charge < -0.3 is 14.2 Å². The van der Waals surface area contributed by atoms with Gasteiger partial charge in [0, 0.05) is 19.3 Å². The molecule has 0 radical (unpaired) electrons. The highest BCUT2D eigenvalue weighted by Crippen LogP contribution is 2.17. The summed E-state index contributed by atoms with van der Waals surface area (Å²) in [5.41, 5.74) is 0. The molecule has 0 spiro atoms. The topological polar surface area (TPSA) is 78.9 Å². The first-order valence-electron chi connectivity index (χ1n) is 31.1. The third-order valence-electron chi connectivity index (χ3n) is 13.4. The molecule has 0 aromatic carbocycles. The zero-order valence-electron chi connectivity index (χ0n) is 48.1. The largest absolute Gasteiger partial charge is 0.462 e. The van der Waals surface area contributed by atoms with Gasteiger partial charge in [-0.25, -0.2) is 0 Å². The van der Waals surface area contributed by atoms with E-state index in [9.17, 15) is 14.4 Å². The smallest absolute Gasteiger partial charge is 0.306 e. The number of esters is 3. The molecule has 1 unspecified atom stereocenters. The van der Waals surface area contributed by atoms with Crippen molar-refractivity contribution in [2.75, 3.05) is 13.2 Å². The van der Waals surface area contributed by atoms with E-state index in [0.717, 1.165) is 122 Å². The predicted molar refractivity (Wildman–Crippen MR) is 316 cm³/mol. The van der Waals surface area contributed by atoms with E-state index < -0.39 is 6.10 Å². The summed E-state index contributed by atoms with van der Waals surface area (Å²) in [6.07, 6.45) is 80.3. The van der Waals surface area contributed by atoms with E-state index in [4.69, 9.17) is 14.2 Å². The van der Waals surface area contributed by atoms with E-state index in [1.165, 1.54) is 141 Å². The van der Waals surface area contributed by atoms with Crippen molar-refractivity contribution < 1.29 is 28.6 Å². The molecule has 6 nitrogen and oxygen atoms in total. The molecule has 0 saturated carbocycles. The van der Waals surface area contributed by atoms with Gasteiger partial charge in [0.15, 0.2) is 6.10 Å². The van der Waals surface area contributed by atoms with Crippen molar-refractivity contribution in [3.63, 3.8) is 0 Å². The molecule has 420 valence electrons. The zero-order chi connectivity index (χ0) is 52.9. The lowest BCUT2D eigenvalue weighted by Gasteiger charge is -2.18. The Hall–Kier alpha value is -3.41. The third-order valence-corrected chi connectivity index (χ3v) is 13.4. The highest BCUT2D eigenvalue weighted by molar-refractivity contribution is 5.71. The van der Waals surface area contributed by atoms with Gasteiger partial charge in [-0.15, -0.1) is 0 Å². The van der Waals surface area contributed by atoms with Crippen LogP contribution in [-0.4, -0.2) is 37.2 Å². The van der Waals surface area contributed by atoms with E-state index >= 15 is 0 Å². The molecule has 0 bridgehead atoms. The molecule has 73 heavy (non-hydrogen) atoms. The SMILES string of the molecule is CC/C=C\C/C=C\C/C=C\C/C=C\CCCCCCC(=O)OC(COC(=O)CCCCC/C=C\C/C=C\C/C=C\CC)COC(=O)CCCCCCCCCCCCCCCCCCCCCCCCCCC. The molecule has 0 heterocycles. The summed E-state index contributed by atoms with van der Waals surface area (Å²) in [6, 6.07) is 0. The van der Waals surface area contributed by atoms with Crippen molar-refractivity contribution in [2.24, 2.45) is 0 Å². The molecule has 0 rings (SSSR count). The molecule has 0 aromatic heterocycles. The molecule has 0 aliphatic heterocycles. The normalized spacial score (nSPS) is 12.6. The Bertz CT molecular complexity index is 1400. The van der Waals surface area contributed by atoms with Crippen molar-refractivity contribution in [1.82, 2.24) is 0 Å². The third kappa shape index (κ3) is 59.3. The Morgan fingerprint density at radius 1 is 0.288 bits per heavy atom. The summed E-state index contributed by atoms with van der Waals surface area (Å²) in [7, 11) is 0. The van der Waals surface area contributed by atoms with Gasteiger partial charge in [0.05, 0.1) is 0 Å². The minimum atomic E-state index is -0.801. The monoisotopic (exact) mass is 1020 g/mol. The van der Waals surface area contributed by atoms with E-state index in [1.807, 2.05) is 0 Å². The first-order chi connectivity index (χ1) is 36.0. The van der Waals surface area contributed by atoms with Gasteiger partial charge in [-0.3, -0.25) is 14.4 Å². The van der Waals surface area contributed by atoms with Gasteiger partial charge in [-0.1, -0.05) is 279 Å². The van der Waals surface area contributed by atoms with Crippen LogP contribution in [0.5, 0.6) is 0 Å². The lowest BCUT2D eigenvalue weighted by Crippen LogP contribution is -2.30. The average molecular weight is 1020 g/mol. The Balaban J connectivity index is 4.31. The second kappa shape index (κ2) is 61.1. The van der Waals surface area contributed by atoms with Crippen LogP contribution < -0.4 is 0 Å². The van der Waals surface area contributed by atoms with E-state index in [0.29, 0.717) is 19.3 Å². The maximum atomic E-state index is 12.9. The fourth-order valence-electron chi connectivity index (χ4n) is 8.80. The second-order valence-electron chi connectivity index (χ2n) is 20.6. The first kappa shape index (κ1) is 69.6. The second-order valence-corrected chi connectivity index (χ2v) is 20.6. The van der Waals surface area contributed by atoms with Crippen LogP contribution in [0.4, 0.5) is 0 Å². The van der Waals surface area contributed by atoms with Crippen LogP contribution in [0.15, 0.2) is 85.1 Å². The molecular weight excluding hydrogens is 901 g/mol. The van der Waals surface area contributed by atoms with Crippen molar-refractivity contribution in [3.05, 3.63) is 85.1 Å². The van der Waals surface area contributed by atoms with Crippen LogP contribution in [0.2, 0.25) is 0 Å². The number of hydrogen-bond acceptors (Lipinski definition) is 6. The Labute approximate surface area is 452 Å². The van der Waals surface area contributed by atoms with Crippen LogP contribution in [-0.2, 0) is 28.6 Å². The number of ether oxygens (including phenoxy) is 3. The Morgan fingerprint density at radius 2 is 0.534 bits per heavy atom. The summed E-state index contributed by atoms with van der Waals surface area (Å²) in [6.45, 7) is 6.40. The first-order valence-corrected chi connectivity index (χ1v) is 31.1. The number of carbonyl (C=O) groups excluding carboxylic acids is 3. The van der Waals surface area contributed by atoms with Crippen molar-refractivity contribution in [1.29, 1.82) is 0 Å². The number of carbonyl (C=O) groups is 3. The van der Waals surface area contributed by atoms with E-state index in [-0.39, 0.29) is 31.1 Å². The molecule has 0 N–H and O–H groups in total. The van der Waals surface area contributed by atoms with E-state index in [2.05, 4.69) is 106 Å². The Kier molecular flexibility index (Phi) is 58.3. The van der Waals surface area contributed by atoms with Crippen LogP contribution in [0, 0.1) is 0 Å². The molecule has 0 saturated heterocycles. The average Bonchev–Trinajstić information content (AvgIpc) is 3.39. The molecule has 0 aromatic rings. The minimum absolute atomic E-state index is 0.0941. The maximum absolute atomic E-state index is 12.9. The lowest BCUT2D eigenvalue weighted by atomic mass is 10.0. The standard InChI is InChI=1S/C67H116O6/c1-4-7-10-13-16-19-22-25-27-29-30-31-32-33-34-35-36-38-39-42-45-48-51-54-57-60-66(69)72-63-64(62-71-65(68)59-56-53-50-47-44-41-24-21-18-15-12-9-6-3)73-67(70)61-58-55-52-49-46-43-40-37-28-26-23-20-17-14-11-8-5-2/h8-9,11-12,17-18,20-21,26,28,40-41,43-44,64H,4-7,10,13-16,19,22-25,27,29-39,42,45-63H2,1-3H3/b11-8-,12-9-,20-17-,21-18-,28-26-,43-40-,44-41-. The van der Waals surface area contributed by atoms with Gasteiger partial charge in [0.2, 0.25) is 0 Å². The van der Waals surface area contributed by atoms with Gasteiger partial charge in [-0.05, 0) is 89.9 Å².